The molecule has 0 aliphatic rings. The summed E-state index contributed by atoms with van der Waals surface area (Å²) in [5, 5.41) is 0.511. The van der Waals surface area contributed by atoms with E-state index in [0.29, 0.717) is 18.3 Å². The van der Waals surface area contributed by atoms with Crippen molar-refractivity contribution in [2.75, 3.05) is 19.7 Å². The summed E-state index contributed by atoms with van der Waals surface area (Å²) in [6.07, 6.45) is 3.36. The molecule has 104 valence electrons. The number of carbonyl (C=O) groups excluding carboxylic acids is 1. The molecule has 5 heteroatoms. The van der Waals surface area contributed by atoms with Crippen LogP contribution in [0.2, 0.25) is 0 Å². The Hall–Kier alpha value is -2.14. The maximum Gasteiger partial charge on any atom is 0.274 e. The zero-order valence-electron chi connectivity index (χ0n) is 11.1. The van der Waals surface area contributed by atoms with Gasteiger partial charge in [-0.1, -0.05) is 35.6 Å². The normalized spacial score (nSPS) is 10.2. The van der Waals surface area contributed by atoms with Gasteiger partial charge in [0.05, 0.1) is 10.2 Å². The molecule has 2 aromatic rings. The molecule has 0 atom stereocenters. The zero-order chi connectivity index (χ0) is 14.4. The predicted octanol–water partition coefficient (Wildman–Crippen LogP) is 2.88. The van der Waals surface area contributed by atoms with Crippen molar-refractivity contribution < 1.29 is 9.53 Å². The summed E-state index contributed by atoms with van der Waals surface area (Å²) in [7, 11) is 0. The van der Waals surface area contributed by atoms with Gasteiger partial charge in [0.2, 0.25) is 0 Å². The number of rotatable bonds is 7. The number of ether oxygens (including phenoxy) is 1. The van der Waals surface area contributed by atoms with Crippen LogP contribution < -0.4 is 4.74 Å². The lowest BCUT2D eigenvalue weighted by molar-refractivity contribution is -0.132. The highest BCUT2D eigenvalue weighted by molar-refractivity contribution is 7.20. The first kappa shape index (κ1) is 14.3. The number of nitrogens with zero attached hydrogens (tertiary/aromatic N) is 2. The highest BCUT2D eigenvalue weighted by atomic mass is 32.1. The molecule has 0 aliphatic heterocycles. The second-order valence-corrected chi connectivity index (χ2v) is 5.11. The van der Waals surface area contributed by atoms with Crippen LogP contribution in [0.25, 0.3) is 10.2 Å². The molecule has 0 saturated heterocycles. The quantitative estimate of drug-likeness (QED) is 0.736. The zero-order valence-corrected chi connectivity index (χ0v) is 11.9. The van der Waals surface area contributed by atoms with Crippen molar-refractivity contribution in [1.29, 1.82) is 0 Å². The van der Waals surface area contributed by atoms with Gasteiger partial charge in [-0.15, -0.1) is 13.2 Å². The molecule has 0 unspecified atom stereocenters. The highest BCUT2D eigenvalue weighted by Crippen LogP contribution is 2.27. The monoisotopic (exact) mass is 288 g/mol. The summed E-state index contributed by atoms with van der Waals surface area (Å²) in [6, 6.07) is 7.77. The summed E-state index contributed by atoms with van der Waals surface area (Å²) in [5.74, 6) is -0.107. The van der Waals surface area contributed by atoms with E-state index in [1.807, 2.05) is 24.3 Å². The van der Waals surface area contributed by atoms with E-state index in [2.05, 4.69) is 18.1 Å². The van der Waals surface area contributed by atoms with E-state index >= 15 is 0 Å². The summed E-state index contributed by atoms with van der Waals surface area (Å²) < 4.78 is 6.52. The summed E-state index contributed by atoms with van der Waals surface area (Å²) in [5.41, 5.74) is 0.883. The number of benzene rings is 1. The van der Waals surface area contributed by atoms with Crippen molar-refractivity contribution in [3.8, 4) is 5.19 Å². The minimum Gasteiger partial charge on any atom is -0.460 e. The lowest BCUT2D eigenvalue weighted by atomic mass is 10.3. The number of thiazole rings is 1. The van der Waals surface area contributed by atoms with Crippen LogP contribution in [-0.2, 0) is 4.79 Å². The van der Waals surface area contributed by atoms with Gasteiger partial charge in [0.15, 0.2) is 6.61 Å². The highest BCUT2D eigenvalue weighted by Gasteiger charge is 2.12. The fourth-order valence-electron chi connectivity index (χ4n) is 1.72. The average molecular weight is 288 g/mol. The molecular weight excluding hydrogens is 272 g/mol. The van der Waals surface area contributed by atoms with Gasteiger partial charge in [0.25, 0.3) is 11.1 Å². The molecule has 1 heterocycles. The minimum absolute atomic E-state index is 0.0263. The van der Waals surface area contributed by atoms with Crippen molar-refractivity contribution in [1.82, 2.24) is 9.88 Å². The Morgan fingerprint density at radius 2 is 2.00 bits per heavy atom. The topological polar surface area (TPSA) is 42.4 Å². The third-order valence-corrected chi connectivity index (χ3v) is 3.59. The Bertz CT molecular complexity index is 578. The molecule has 0 spiro atoms. The van der Waals surface area contributed by atoms with Crippen molar-refractivity contribution >= 4 is 27.5 Å². The number of carbonyl (C=O) groups is 1. The predicted molar refractivity (Wildman–Crippen MR) is 82.1 cm³/mol. The van der Waals surface area contributed by atoms with E-state index in [4.69, 9.17) is 4.74 Å². The van der Waals surface area contributed by atoms with E-state index in [1.165, 1.54) is 11.3 Å². The van der Waals surface area contributed by atoms with Crippen molar-refractivity contribution in [3.63, 3.8) is 0 Å². The van der Waals surface area contributed by atoms with Crippen molar-refractivity contribution in [2.24, 2.45) is 0 Å². The molecule has 0 bridgehead atoms. The van der Waals surface area contributed by atoms with Crippen LogP contribution in [0.15, 0.2) is 49.6 Å². The first-order chi connectivity index (χ1) is 9.74. The molecule has 1 aromatic heterocycles. The number of para-hydroxylation sites is 1. The molecule has 1 aromatic carbocycles. The molecule has 2 rings (SSSR count). The number of hydrogen-bond acceptors (Lipinski definition) is 4. The first-order valence-electron chi connectivity index (χ1n) is 6.22. The molecule has 0 N–H and O–H groups in total. The molecule has 4 nitrogen and oxygen atoms in total. The van der Waals surface area contributed by atoms with E-state index in [9.17, 15) is 4.79 Å². The summed E-state index contributed by atoms with van der Waals surface area (Å²) in [6.45, 7) is 8.20. The van der Waals surface area contributed by atoms with Gasteiger partial charge < -0.3 is 9.64 Å². The van der Waals surface area contributed by atoms with Crippen LogP contribution in [0.5, 0.6) is 5.19 Å². The number of hydrogen-bond donors (Lipinski definition) is 0. The SMILES string of the molecule is C=CCN(CC=C)C(=O)COc1nc2ccccc2s1. The number of fused-ring (bicyclic) bond motifs is 1. The van der Waals surface area contributed by atoms with Gasteiger partial charge in [-0.2, -0.15) is 0 Å². The lowest BCUT2D eigenvalue weighted by Crippen LogP contribution is -2.35. The van der Waals surface area contributed by atoms with Crippen LogP contribution >= 0.6 is 11.3 Å². The molecule has 0 radical (unpaired) electrons. The van der Waals surface area contributed by atoms with E-state index in [0.717, 1.165) is 10.2 Å². The Balaban J connectivity index is 1.98. The van der Waals surface area contributed by atoms with Crippen molar-refractivity contribution in [3.05, 3.63) is 49.6 Å². The standard InChI is InChI=1S/C15H16N2O2S/c1-3-9-17(10-4-2)14(18)11-19-15-16-12-7-5-6-8-13(12)20-15/h3-8H,1-2,9-11H2. The number of amides is 1. The average Bonchev–Trinajstić information content (AvgIpc) is 2.87. The maximum absolute atomic E-state index is 12.0. The Morgan fingerprint density at radius 3 is 2.65 bits per heavy atom. The Labute approximate surface area is 122 Å². The van der Waals surface area contributed by atoms with Gasteiger partial charge in [0.1, 0.15) is 0 Å². The Kier molecular flexibility index (Phi) is 4.90. The fraction of sp³-hybridized carbons (Fsp3) is 0.200. The van der Waals surface area contributed by atoms with E-state index < -0.39 is 0 Å². The summed E-state index contributed by atoms with van der Waals surface area (Å²) in [4.78, 5) is 17.9. The van der Waals surface area contributed by atoms with Crippen LogP contribution in [0, 0.1) is 0 Å². The smallest absolute Gasteiger partial charge is 0.274 e. The van der Waals surface area contributed by atoms with Gasteiger partial charge in [-0.3, -0.25) is 4.79 Å². The van der Waals surface area contributed by atoms with Crippen LogP contribution in [0.4, 0.5) is 0 Å². The largest absolute Gasteiger partial charge is 0.460 e. The van der Waals surface area contributed by atoms with Gasteiger partial charge >= 0.3 is 0 Å². The minimum atomic E-state index is -0.107. The fourth-order valence-corrected chi connectivity index (χ4v) is 2.53. The molecule has 1 amide bonds. The van der Waals surface area contributed by atoms with E-state index in [1.54, 1.807) is 17.1 Å². The van der Waals surface area contributed by atoms with Gasteiger partial charge in [-0.25, -0.2) is 4.98 Å². The Morgan fingerprint density at radius 1 is 1.30 bits per heavy atom. The molecule has 0 aliphatic carbocycles. The molecule has 0 fully saturated rings. The first-order valence-corrected chi connectivity index (χ1v) is 7.04. The second kappa shape index (κ2) is 6.86. The maximum atomic E-state index is 12.0. The van der Waals surface area contributed by atoms with Crippen LogP contribution in [-0.4, -0.2) is 35.5 Å². The number of aromatic nitrogens is 1. The molecular formula is C15H16N2O2S. The second-order valence-electron chi connectivity index (χ2n) is 4.11. The van der Waals surface area contributed by atoms with Crippen molar-refractivity contribution in [2.45, 2.75) is 0 Å². The van der Waals surface area contributed by atoms with Crippen LogP contribution in [0.1, 0.15) is 0 Å². The third kappa shape index (κ3) is 3.45. The van der Waals surface area contributed by atoms with Gasteiger partial charge in [0, 0.05) is 13.1 Å². The molecule has 20 heavy (non-hydrogen) atoms. The van der Waals surface area contributed by atoms with Crippen LogP contribution in [0.3, 0.4) is 0 Å². The summed E-state index contributed by atoms with van der Waals surface area (Å²) >= 11 is 1.43. The van der Waals surface area contributed by atoms with Gasteiger partial charge in [-0.05, 0) is 12.1 Å². The molecule has 0 saturated carbocycles. The lowest BCUT2D eigenvalue weighted by Gasteiger charge is -2.18. The third-order valence-electron chi connectivity index (χ3n) is 2.65. The van der Waals surface area contributed by atoms with E-state index in [-0.39, 0.29) is 12.5 Å².